The average Bonchev–Trinajstić information content (AvgIpc) is 3.07. The van der Waals surface area contributed by atoms with Crippen molar-refractivity contribution in [2.24, 2.45) is 0 Å². The van der Waals surface area contributed by atoms with Crippen molar-refractivity contribution >= 4 is 0 Å². The van der Waals surface area contributed by atoms with Gasteiger partial charge in [-0.05, 0) is 12.5 Å². The second-order valence-corrected chi connectivity index (χ2v) is 8.34. The fourth-order valence-corrected chi connectivity index (χ4v) is 3.64. The molecule has 0 aromatic heterocycles. The molecule has 0 aliphatic carbocycles. The molecule has 11 nitrogen and oxygen atoms in total. The zero-order chi connectivity index (χ0) is 23.5. The average molecular weight is 460 g/mol. The van der Waals surface area contributed by atoms with E-state index in [1.54, 1.807) is 0 Å². The molecule has 2 fully saturated rings. The Labute approximate surface area is 185 Å². The summed E-state index contributed by atoms with van der Waals surface area (Å²) >= 11 is 0. The number of aliphatic hydroxyl groups excluding tert-OH is 6. The zero-order valence-corrected chi connectivity index (χ0v) is 17.7. The molecule has 3 rings (SSSR count). The number of aliphatic hydroxyl groups is 7. The van der Waals surface area contributed by atoms with Crippen molar-refractivity contribution in [3.05, 3.63) is 35.9 Å². The van der Waals surface area contributed by atoms with E-state index in [9.17, 15) is 35.7 Å². The summed E-state index contributed by atoms with van der Waals surface area (Å²) in [6, 6.07) is 9.24. The molecule has 7 N–H and O–H groups in total. The van der Waals surface area contributed by atoms with Crippen molar-refractivity contribution in [2.75, 3.05) is 19.8 Å². The lowest BCUT2D eigenvalue weighted by Gasteiger charge is -2.42. The highest BCUT2D eigenvalue weighted by Gasteiger charge is 2.50. The summed E-state index contributed by atoms with van der Waals surface area (Å²) in [7, 11) is 0. The van der Waals surface area contributed by atoms with Gasteiger partial charge >= 0.3 is 0 Å². The predicted octanol–water partition coefficient (Wildman–Crippen LogP) is -2.74. The lowest BCUT2D eigenvalue weighted by atomic mass is 9.98. The molecular weight excluding hydrogens is 428 g/mol. The van der Waals surface area contributed by atoms with Crippen LogP contribution in [0.5, 0.6) is 0 Å². The van der Waals surface area contributed by atoms with Gasteiger partial charge in [-0.2, -0.15) is 0 Å². The fraction of sp³-hybridized carbons (Fsp3) is 0.714. The van der Waals surface area contributed by atoms with Gasteiger partial charge in [0, 0.05) is 6.42 Å². The third-order valence-electron chi connectivity index (χ3n) is 5.80. The van der Waals surface area contributed by atoms with E-state index in [4.69, 9.17) is 18.9 Å². The molecule has 2 aliphatic rings. The van der Waals surface area contributed by atoms with Crippen LogP contribution in [0.25, 0.3) is 0 Å². The third-order valence-corrected chi connectivity index (χ3v) is 5.80. The molecule has 0 amide bonds. The Kier molecular flexibility index (Phi) is 8.58. The lowest BCUT2D eigenvalue weighted by molar-refractivity contribution is -0.323. The molecule has 2 saturated heterocycles. The van der Waals surface area contributed by atoms with Crippen LogP contribution in [0.15, 0.2) is 30.3 Å². The Balaban J connectivity index is 1.63. The molecular formula is C21H32O11. The summed E-state index contributed by atoms with van der Waals surface area (Å²) in [6.07, 6.45) is -11.5. The van der Waals surface area contributed by atoms with Crippen molar-refractivity contribution in [3.63, 3.8) is 0 Å². The minimum Gasteiger partial charge on any atom is -0.393 e. The molecule has 11 heteroatoms. The highest BCUT2D eigenvalue weighted by atomic mass is 16.7. The molecule has 0 unspecified atom stereocenters. The number of hydrogen-bond donors (Lipinski definition) is 7. The van der Waals surface area contributed by atoms with Gasteiger partial charge in [0.25, 0.3) is 0 Å². The van der Waals surface area contributed by atoms with Crippen LogP contribution in [-0.4, -0.2) is 116 Å². The van der Waals surface area contributed by atoms with E-state index >= 15 is 0 Å². The summed E-state index contributed by atoms with van der Waals surface area (Å²) in [5, 5.41) is 70.3. The molecule has 10 atom stereocenters. The minimum atomic E-state index is -1.88. The fourth-order valence-electron chi connectivity index (χ4n) is 3.64. The normalized spacial score (nSPS) is 39.7. The second-order valence-electron chi connectivity index (χ2n) is 8.34. The molecule has 32 heavy (non-hydrogen) atoms. The largest absolute Gasteiger partial charge is 0.393 e. The first-order valence-corrected chi connectivity index (χ1v) is 10.5. The Bertz CT molecular complexity index is 704. The second kappa shape index (κ2) is 10.8. The van der Waals surface area contributed by atoms with Gasteiger partial charge in [-0.3, -0.25) is 0 Å². The van der Waals surface area contributed by atoms with Crippen molar-refractivity contribution < 1.29 is 54.7 Å². The van der Waals surface area contributed by atoms with Crippen LogP contribution in [-0.2, 0) is 25.4 Å². The van der Waals surface area contributed by atoms with Gasteiger partial charge in [-0.15, -0.1) is 0 Å². The summed E-state index contributed by atoms with van der Waals surface area (Å²) in [4.78, 5) is 0. The monoisotopic (exact) mass is 460 g/mol. The van der Waals surface area contributed by atoms with Crippen molar-refractivity contribution in [2.45, 2.75) is 74.3 Å². The SMILES string of the molecule is C[C@@H](O)[C@@H](Cc1ccccc1)O[C@@H]1O[C@H](CO[C@@H]2OC[C@](O)(CO)[C@H]2O)[C@@H](O)[C@H](O)[C@H]1O. The lowest BCUT2D eigenvalue weighted by Crippen LogP contribution is -2.60. The molecule has 1 aromatic rings. The van der Waals surface area contributed by atoms with Crippen molar-refractivity contribution in [1.82, 2.24) is 0 Å². The summed E-state index contributed by atoms with van der Waals surface area (Å²) in [5.41, 5.74) is -0.993. The van der Waals surface area contributed by atoms with E-state index in [1.807, 2.05) is 30.3 Å². The van der Waals surface area contributed by atoms with Crippen LogP contribution < -0.4 is 0 Å². The van der Waals surface area contributed by atoms with Gasteiger partial charge in [0.1, 0.15) is 36.1 Å². The molecule has 0 spiro atoms. The molecule has 2 heterocycles. The Morgan fingerprint density at radius 2 is 1.75 bits per heavy atom. The Morgan fingerprint density at radius 3 is 2.34 bits per heavy atom. The molecule has 182 valence electrons. The van der Waals surface area contributed by atoms with Crippen LogP contribution in [0.2, 0.25) is 0 Å². The first-order chi connectivity index (χ1) is 15.2. The smallest absolute Gasteiger partial charge is 0.187 e. The van der Waals surface area contributed by atoms with E-state index in [-0.39, 0.29) is 13.2 Å². The van der Waals surface area contributed by atoms with Gasteiger partial charge in [0.2, 0.25) is 0 Å². The van der Waals surface area contributed by atoms with Crippen LogP contribution in [0.4, 0.5) is 0 Å². The first kappa shape index (κ1) is 25.4. The summed E-state index contributed by atoms with van der Waals surface area (Å²) < 4.78 is 21.9. The highest BCUT2D eigenvalue weighted by Crippen LogP contribution is 2.28. The van der Waals surface area contributed by atoms with E-state index in [0.29, 0.717) is 6.42 Å². The van der Waals surface area contributed by atoms with Gasteiger partial charge in [-0.25, -0.2) is 0 Å². The number of hydrogen-bond acceptors (Lipinski definition) is 11. The molecule has 0 saturated carbocycles. The third kappa shape index (κ3) is 5.64. The maximum Gasteiger partial charge on any atom is 0.187 e. The molecule has 2 aliphatic heterocycles. The van der Waals surface area contributed by atoms with Crippen molar-refractivity contribution in [3.8, 4) is 0 Å². The number of ether oxygens (including phenoxy) is 4. The van der Waals surface area contributed by atoms with Gasteiger partial charge in [-0.1, -0.05) is 30.3 Å². The molecule has 0 radical (unpaired) electrons. The summed E-state index contributed by atoms with van der Waals surface area (Å²) in [5.74, 6) is 0. The van der Waals surface area contributed by atoms with E-state index in [2.05, 4.69) is 0 Å². The molecule has 0 bridgehead atoms. The zero-order valence-electron chi connectivity index (χ0n) is 17.7. The topological polar surface area (TPSA) is 179 Å². The maximum atomic E-state index is 10.3. The van der Waals surface area contributed by atoms with Crippen LogP contribution in [0.3, 0.4) is 0 Å². The van der Waals surface area contributed by atoms with Gasteiger partial charge < -0.3 is 54.7 Å². The molecule has 1 aromatic carbocycles. The minimum absolute atomic E-state index is 0.312. The van der Waals surface area contributed by atoms with Crippen LogP contribution >= 0.6 is 0 Å². The van der Waals surface area contributed by atoms with Crippen LogP contribution in [0, 0.1) is 0 Å². The van der Waals surface area contributed by atoms with E-state index in [0.717, 1.165) is 5.56 Å². The quantitative estimate of drug-likeness (QED) is 0.203. The summed E-state index contributed by atoms with van der Waals surface area (Å²) in [6.45, 7) is 0.0491. The standard InChI is InChI=1S/C21H32O11/c1-11(23)13(7-12-5-3-2-4-6-12)31-19-17(26)16(25)15(24)14(32-19)8-29-20-18(27)21(28,9-22)10-30-20/h2-6,11,13-20,22-28H,7-10H2,1H3/t11-,13-,14-,15-,16+,17-,18+,19-,20-,21-/m1/s1. The van der Waals surface area contributed by atoms with E-state index in [1.165, 1.54) is 6.92 Å². The maximum absolute atomic E-state index is 10.3. The van der Waals surface area contributed by atoms with Crippen LogP contribution in [0.1, 0.15) is 12.5 Å². The Morgan fingerprint density at radius 1 is 1.06 bits per heavy atom. The highest BCUT2D eigenvalue weighted by molar-refractivity contribution is 5.15. The number of benzene rings is 1. The first-order valence-electron chi connectivity index (χ1n) is 10.5. The van der Waals surface area contributed by atoms with Gasteiger partial charge in [0.15, 0.2) is 12.6 Å². The number of rotatable bonds is 9. The predicted molar refractivity (Wildman–Crippen MR) is 107 cm³/mol. The van der Waals surface area contributed by atoms with Crippen molar-refractivity contribution in [1.29, 1.82) is 0 Å². The van der Waals surface area contributed by atoms with E-state index < -0.39 is 67.5 Å². The van der Waals surface area contributed by atoms with Gasteiger partial charge in [0.05, 0.1) is 32.0 Å². The Hall–Kier alpha value is -1.22.